The quantitative estimate of drug-likeness (QED) is 0.647. The molecule has 2 aromatic rings. The molecule has 3 N–H and O–H groups in total. The first-order chi connectivity index (χ1) is 11.1. The molecular weight excluding hydrogens is 296 g/mol. The van der Waals surface area contributed by atoms with Crippen LogP contribution in [0.1, 0.15) is 25.5 Å². The van der Waals surface area contributed by atoms with Crippen LogP contribution >= 0.6 is 0 Å². The summed E-state index contributed by atoms with van der Waals surface area (Å²) in [6, 6.07) is 7.28. The van der Waals surface area contributed by atoms with Gasteiger partial charge in [0, 0.05) is 32.9 Å². The number of hydrogen-bond donors (Lipinski definition) is 3. The fraction of sp³-hybridized carbons (Fsp3) is 0.375. The summed E-state index contributed by atoms with van der Waals surface area (Å²) in [5, 5.41) is 5.41. The lowest BCUT2D eigenvalue weighted by Gasteiger charge is -2.06. The second-order valence-electron chi connectivity index (χ2n) is 5.22. The summed E-state index contributed by atoms with van der Waals surface area (Å²) in [5.41, 5.74) is 1.49. The average Bonchev–Trinajstić information content (AvgIpc) is 2.52. The van der Waals surface area contributed by atoms with Crippen LogP contribution in [-0.2, 0) is 16.0 Å². The van der Waals surface area contributed by atoms with Gasteiger partial charge >= 0.3 is 0 Å². The van der Waals surface area contributed by atoms with Crippen molar-refractivity contribution in [1.82, 2.24) is 20.6 Å². The minimum atomic E-state index is -0.262. The van der Waals surface area contributed by atoms with Gasteiger partial charge < -0.3 is 15.6 Å². The van der Waals surface area contributed by atoms with E-state index >= 15 is 0 Å². The molecule has 7 nitrogen and oxygen atoms in total. The molecule has 2 amide bonds. The lowest BCUT2D eigenvalue weighted by molar-refractivity contribution is -0.121. The summed E-state index contributed by atoms with van der Waals surface area (Å²) in [5.74, 6) is -0.222. The summed E-state index contributed by atoms with van der Waals surface area (Å²) < 4.78 is 0. The van der Waals surface area contributed by atoms with Crippen LogP contribution in [0.15, 0.2) is 29.1 Å². The number of hydrogen-bond acceptors (Lipinski definition) is 4. The topological polar surface area (TPSA) is 104 Å². The van der Waals surface area contributed by atoms with E-state index < -0.39 is 0 Å². The first kappa shape index (κ1) is 16.7. The van der Waals surface area contributed by atoms with E-state index in [2.05, 4.69) is 20.6 Å². The van der Waals surface area contributed by atoms with Crippen LogP contribution in [0, 0.1) is 0 Å². The van der Waals surface area contributed by atoms with E-state index in [1.165, 1.54) is 6.92 Å². The standard InChI is InChI=1S/C16H20N4O3/c1-11(21)17-9-4-10-18-15(22)8-7-14-16(23)20-13-6-3-2-5-12(13)19-14/h2-3,5-6H,4,7-10H2,1H3,(H,17,21)(H,18,22)(H,20,23). The van der Waals surface area contributed by atoms with Gasteiger partial charge in [-0.1, -0.05) is 12.1 Å². The number of aromatic nitrogens is 2. The zero-order valence-electron chi connectivity index (χ0n) is 13.0. The Hall–Kier alpha value is -2.70. The van der Waals surface area contributed by atoms with Crippen molar-refractivity contribution in [2.45, 2.75) is 26.2 Å². The Morgan fingerprint density at radius 3 is 2.70 bits per heavy atom. The van der Waals surface area contributed by atoms with Gasteiger partial charge in [-0.25, -0.2) is 4.98 Å². The molecule has 0 aliphatic carbocycles. The number of aromatic amines is 1. The average molecular weight is 316 g/mol. The van der Waals surface area contributed by atoms with Crippen LogP contribution in [-0.4, -0.2) is 34.9 Å². The van der Waals surface area contributed by atoms with Gasteiger partial charge in [-0.2, -0.15) is 0 Å². The van der Waals surface area contributed by atoms with Crippen molar-refractivity contribution in [1.29, 1.82) is 0 Å². The van der Waals surface area contributed by atoms with Crippen molar-refractivity contribution in [3.63, 3.8) is 0 Å². The Morgan fingerprint density at radius 1 is 1.17 bits per heavy atom. The lowest BCUT2D eigenvalue weighted by atomic mass is 10.2. The number of nitrogens with one attached hydrogen (secondary N) is 3. The predicted octanol–water partition coefficient (Wildman–Crippen LogP) is 0.498. The van der Waals surface area contributed by atoms with E-state index in [1.54, 1.807) is 6.07 Å². The van der Waals surface area contributed by atoms with Crippen LogP contribution in [0.25, 0.3) is 11.0 Å². The first-order valence-electron chi connectivity index (χ1n) is 7.55. The monoisotopic (exact) mass is 316 g/mol. The van der Waals surface area contributed by atoms with Gasteiger partial charge in [0.2, 0.25) is 11.8 Å². The Morgan fingerprint density at radius 2 is 1.91 bits per heavy atom. The summed E-state index contributed by atoms with van der Waals surface area (Å²) in [6.45, 7) is 2.47. The van der Waals surface area contributed by atoms with Crippen molar-refractivity contribution >= 4 is 22.8 Å². The molecule has 0 bridgehead atoms. The number of para-hydroxylation sites is 2. The van der Waals surface area contributed by atoms with Gasteiger partial charge in [-0.15, -0.1) is 0 Å². The van der Waals surface area contributed by atoms with Gasteiger partial charge in [-0.05, 0) is 18.6 Å². The maximum atomic E-state index is 11.9. The molecule has 0 spiro atoms. The molecule has 0 saturated carbocycles. The van der Waals surface area contributed by atoms with E-state index in [9.17, 15) is 14.4 Å². The first-order valence-corrected chi connectivity index (χ1v) is 7.55. The number of rotatable bonds is 7. The Kier molecular flexibility index (Phi) is 5.85. The second-order valence-corrected chi connectivity index (χ2v) is 5.22. The molecule has 1 aromatic heterocycles. The normalized spacial score (nSPS) is 10.5. The van der Waals surface area contributed by atoms with Gasteiger partial charge in [-0.3, -0.25) is 14.4 Å². The molecule has 1 aromatic carbocycles. The molecule has 0 atom stereocenters. The van der Waals surface area contributed by atoms with Gasteiger partial charge in [0.15, 0.2) is 0 Å². The van der Waals surface area contributed by atoms with Crippen molar-refractivity contribution < 1.29 is 9.59 Å². The number of amides is 2. The molecule has 7 heteroatoms. The molecule has 122 valence electrons. The third-order valence-electron chi connectivity index (χ3n) is 3.31. The van der Waals surface area contributed by atoms with E-state index in [0.717, 1.165) is 0 Å². The minimum absolute atomic E-state index is 0.0852. The number of H-pyrrole nitrogens is 1. The molecule has 0 fully saturated rings. The molecular formula is C16H20N4O3. The lowest BCUT2D eigenvalue weighted by Crippen LogP contribution is -2.29. The largest absolute Gasteiger partial charge is 0.356 e. The van der Waals surface area contributed by atoms with E-state index in [4.69, 9.17) is 0 Å². The van der Waals surface area contributed by atoms with Gasteiger partial charge in [0.05, 0.1) is 11.0 Å². The number of benzene rings is 1. The molecule has 0 saturated heterocycles. The Labute approximate surface area is 133 Å². The Bertz CT molecular complexity index is 754. The van der Waals surface area contributed by atoms with Crippen LogP contribution < -0.4 is 16.2 Å². The fourth-order valence-electron chi connectivity index (χ4n) is 2.14. The third-order valence-corrected chi connectivity index (χ3v) is 3.31. The highest BCUT2D eigenvalue weighted by molar-refractivity contribution is 5.76. The number of fused-ring (bicyclic) bond motifs is 1. The second kappa shape index (κ2) is 8.07. The van der Waals surface area contributed by atoms with Crippen molar-refractivity contribution in [3.8, 4) is 0 Å². The SMILES string of the molecule is CC(=O)NCCCNC(=O)CCc1nc2ccccc2[nH]c1=O. The molecule has 0 unspecified atom stereocenters. The fourth-order valence-corrected chi connectivity index (χ4v) is 2.14. The molecule has 2 rings (SSSR count). The zero-order valence-corrected chi connectivity index (χ0v) is 13.0. The summed E-state index contributed by atoms with van der Waals surface area (Å²) in [7, 11) is 0. The molecule has 23 heavy (non-hydrogen) atoms. The van der Waals surface area contributed by atoms with Crippen molar-refractivity contribution in [2.75, 3.05) is 13.1 Å². The predicted molar refractivity (Wildman–Crippen MR) is 87.0 cm³/mol. The highest BCUT2D eigenvalue weighted by atomic mass is 16.2. The maximum absolute atomic E-state index is 11.9. The Balaban J connectivity index is 1.81. The highest BCUT2D eigenvalue weighted by Gasteiger charge is 2.07. The van der Waals surface area contributed by atoms with Gasteiger partial charge in [0.1, 0.15) is 5.69 Å². The number of aryl methyl sites for hydroxylation is 1. The van der Waals surface area contributed by atoms with E-state index in [0.29, 0.717) is 36.2 Å². The van der Waals surface area contributed by atoms with Crippen LogP contribution in [0.4, 0.5) is 0 Å². The number of nitrogens with zero attached hydrogens (tertiary/aromatic N) is 1. The third kappa shape index (κ3) is 5.21. The van der Waals surface area contributed by atoms with Crippen LogP contribution in [0.3, 0.4) is 0 Å². The maximum Gasteiger partial charge on any atom is 0.270 e. The van der Waals surface area contributed by atoms with Crippen molar-refractivity contribution in [2.24, 2.45) is 0 Å². The molecule has 0 aliphatic rings. The van der Waals surface area contributed by atoms with E-state index in [-0.39, 0.29) is 30.2 Å². The summed E-state index contributed by atoms with van der Waals surface area (Å²) in [4.78, 5) is 41.4. The van der Waals surface area contributed by atoms with Crippen LogP contribution in [0.2, 0.25) is 0 Å². The molecule has 1 heterocycles. The van der Waals surface area contributed by atoms with Crippen LogP contribution in [0.5, 0.6) is 0 Å². The van der Waals surface area contributed by atoms with Crippen molar-refractivity contribution in [3.05, 3.63) is 40.3 Å². The molecule has 0 aliphatic heterocycles. The number of carbonyl (C=O) groups excluding carboxylic acids is 2. The summed E-state index contributed by atoms with van der Waals surface area (Å²) >= 11 is 0. The molecule has 0 radical (unpaired) electrons. The highest BCUT2D eigenvalue weighted by Crippen LogP contribution is 2.06. The smallest absolute Gasteiger partial charge is 0.270 e. The minimum Gasteiger partial charge on any atom is -0.356 e. The van der Waals surface area contributed by atoms with Gasteiger partial charge in [0.25, 0.3) is 5.56 Å². The summed E-state index contributed by atoms with van der Waals surface area (Å²) in [6.07, 6.45) is 1.16. The van der Waals surface area contributed by atoms with E-state index in [1.807, 2.05) is 18.2 Å². The zero-order chi connectivity index (χ0) is 16.7. The number of carbonyl (C=O) groups is 2.